The lowest BCUT2D eigenvalue weighted by atomic mass is 9.96. The van der Waals surface area contributed by atoms with Crippen LogP contribution in [-0.2, 0) is 19.2 Å². The van der Waals surface area contributed by atoms with Gasteiger partial charge in [0.2, 0.25) is 46.4 Å². The number of carbonyl (C=O) groups excluding carboxylic acids is 4. The quantitative estimate of drug-likeness (QED) is 0.168. The summed E-state index contributed by atoms with van der Waals surface area (Å²) in [6, 6.07) is 10.9. The number of amides is 3. The number of halogens is 1. The molecule has 0 spiro atoms. The van der Waals surface area contributed by atoms with Crippen LogP contribution in [0, 0.1) is 11.8 Å². The molecule has 2 aromatic carbocycles. The normalized spacial score (nSPS) is 14.4. The molecule has 0 unspecified atom stereocenters. The number of nitrogens with zero attached hydrogens (tertiary/aromatic N) is 6. The van der Waals surface area contributed by atoms with Gasteiger partial charge in [0.15, 0.2) is 23.0 Å². The molecular weight excluding hydrogens is 812 g/mol. The van der Waals surface area contributed by atoms with Crippen LogP contribution in [0.3, 0.4) is 0 Å². The van der Waals surface area contributed by atoms with Crippen molar-refractivity contribution in [3.8, 4) is 45.8 Å². The molecule has 2 saturated heterocycles. The Hall–Kier alpha value is -5.75. The van der Waals surface area contributed by atoms with Crippen LogP contribution in [0.25, 0.3) is 22.8 Å². The van der Waals surface area contributed by atoms with Crippen molar-refractivity contribution in [1.29, 1.82) is 0 Å². The van der Waals surface area contributed by atoms with Gasteiger partial charge >= 0.3 is 0 Å². The Labute approximate surface area is 360 Å². The number of likely N-dealkylation sites (tertiary alicyclic amines) is 2. The fourth-order valence-corrected chi connectivity index (χ4v) is 6.35. The number of ether oxygens (including phenoxy) is 4. The van der Waals surface area contributed by atoms with E-state index >= 15 is 0 Å². The van der Waals surface area contributed by atoms with Crippen molar-refractivity contribution in [2.24, 2.45) is 17.6 Å². The molecule has 0 radical (unpaired) electrons. The molecule has 0 atom stereocenters. The summed E-state index contributed by atoms with van der Waals surface area (Å²) in [5, 5.41) is 10.6. The van der Waals surface area contributed by atoms with Crippen molar-refractivity contribution in [3.05, 3.63) is 48.2 Å². The molecule has 4 heterocycles. The summed E-state index contributed by atoms with van der Waals surface area (Å²) in [4.78, 5) is 58.1. The van der Waals surface area contributed by atoms with Crippen LogP contribution in [0.15, 0.2) is 45.4 Å². The number of benzene rings is 2. The van der Waals surface area contributed by atoms with E-state index < -0.39 is 0 Å². The monoisotopic (exact) mass is 868 g/mol. The van der Waals surface area contributed by atoms with E-state index in [1.807, 2.05) is 18.2 Å². The molecule has 2 fully saturated rings. The number of carbonyl (C=O) groups is 4. The maximum atomic E-state index is 12.3. The molecule has 18 nitrogen and oxygen atoms in total. The smallest absolute Gasteiger partial charge is 0.241 e. The number of piperidine rings is 2. The van der Waals surface area contributed by atoms with Crippen LogP contribution in [0.2, 0.25) is 0 Å². The summed E-state index contributed by atoms with van der Waals surface area (Å²) in [5.41, 5.74) is 6.98. The number of hydrogen-bond acceptors (Lipinski definition) is 15. The van der Waals surface area contributed by atoms with Crippen molar-refractivity contribution < 1.29 is 47.2 Å². The van der Waals surface area contributed by atoms with Crippen molar-refractivity contribution in [2.45, 2.75) is 65.2 Å². The number of methoxy groups -OCH3 is 4. The highest BCUT2D eigenvalue weighted by Gasteiger charge is 2.29. The minimum Gasteiger partial charge on any atom is -0.493 e. The van der Waals surface area contributed by atoms with Gasteiger partial charge in [0.1, 0.15) is 0 Å². The zero-order chi connectivity index (χ0) is 44.6. The van der Waals surface area contributed by atoms with E-state index in [0.29, 0.717) is 72.6 Å². The summed E-state index contributed by atoms with van der Waals surface area (Å²) in [6.07, 6.45) is 3.05. The molecule has 0 bridgehead atoms. The second kappa shape index (κ2) is 23.3. The van der Waals surface area contributed by atoms with Gasteiger partial charge < -0.3 is 48.8 Å². The largest absolute Gasteiger partial charge is 0.493 e. The summed E-state index contributed by atoms with van der Waals surface area (Å²) < 4.78 is 32.1. The van der Waals surface area contributed by atoms with Gasteiger partial charge in [0, 0.05) is 61.0 Å². The third-order valence-electron chi connectivity index (χ3n) is 10.1. The van der Waals surface area contributed by atoms with Crippen LogP contribution < -0.4 is 30.0 Å². The predicted octanol–water partition coefficient (Wildman–Crippen LogP) is 5.06. The van der Waals surface area contributed by atoms with Gasteiger partial charge in [-0.3, -0.25) is 19.2 Å². The Morgan fingerprint density at radius 1 is 0.689 bits per heavy atom. The van der Waals surface area contributed by atoms with Crippen molar-refractivity contribution in [1.82, 2.24) is 35.4 Å². The van der Waals surface area contributed by atoms with Gasteiger partial charge in [0.25, 0.3) is 0 Å². The lowest BCUT2D eigenvalue weighted by Gasteiger charge is -2.30. The molecule has 3 amide bonds. The molecule has 61 heavy (non-hydrogen) atoms. The minimum atomic E-state index is -0.269. The lowest BCUT2D eigenvalue weighted by molar-refractivity contribution is -0.134. The van der Waals surface area contributed by atoms with Crippen molar-refractivity contribution >= 4 is 34.6 Å². The summed E-state index contributed by atoms with van der Waals surface area (Å²) in [6.45, 7) is 9.71. The third-order valence-corrected chi connectivity index (χ3v) is 10.6. The Bertz CT molecular complexity index is 2060. The minimum absolute atomic E-state index is 0.0185. The fraction of sp³-hybridized carbons (Fsp3) is 0.524. The first-order chi connectivity index (χ1) is 29.2. The third kappa shape index (κ3) is 13.4. The predicted molar refractivity (Wildman–Crippen MR) is 225 cm³/mol. The van der Waals surface area contributed by atoms with Gasteiger partial charge in [-0.25, -0.2) is 0 Å². The maximum absolute atomic E-state index is 12.3. The molecule has 2 aromatic heterocycles. The molecule has 0 aliphatic carbocycles. The Morgan fingerprint density at radius 2 is 1.08 bits per heavy atom. The molecule has 19 heteroatoms. The van der Waals surface area contributed by atoms with Gasteiger partial charge in [0.05, 0.1) is 41.5 Å². The van der Waals surface area contributed by atoms with Crippen LogP contribution in [0.1, 0.15) is 77.0 Å². The van der Waals surface area contributed by atoms with E-state index in [9.17, 15) is 19.2 Å². The van der Waals surface area contributed by atoms with E-state index in [-0.39, 0.29) is 59.7 Å². The van der Waals surface area contributed by atoms with Crippen molar-refractivity contribution in [2.75, 3.05) is 67.7 Å². The molecule has 0 saturated carbocycles. The second-order valence-electron chi connectivity index (χ2n) is 14.9. The Balaban J connectivity index is 0.000000240. The number of rotatable bonds is 13. The summed E-state index contributed by atoms with van der Waals surface area (Å²) in [7, 11) is 6.33. The summed E-state index contributed by atoms with van der Waals surface area (Å²) >= 11 is 4.97. The first-order valence-corrected chi connectivity index (χ1v) is 20.5. The number of nitrogens with one attached hydrogen (secondary N) is 1. The number of hydrogen-bond donors (Lipinski definition) is 2. The van der Waals surface area contributed by atoms with E-state index in [2.05, 4.69) is 25.6 Å². The SMILES string of the molecule is CC(C)C(=O)Cl.COc1ccc(-c2noc(C3CCN(C(=O)CN)CC3)n2)cc1OC.COc1ccc(-c2noc(C3CCN(C(=O)CNC(=O)C(C)C)CC3)n2)cc1OC. The number of nitrogens with two attached hydrogens (primary N) is 1. The molecule has 3 N–H and O–H groups in total. The molecule has 4 aromatic rings. The van der Waals surface area contributed by atoms with Crippen LogP contribution in [0.4, 0.5) is 0 Å². The Kier molecular flexibility index (Phi) is 18.3. The Morgan fingerprint density at radius 3 is 1.43 bits per heavy atom. The molecular formula is C42H57ClN8O10. The maximum Gasteiger partial charge on any atom is 0.241 e. The van der Waals surface area contributed by atoms with E-state index in [1.54, 1.807) is 84.1 Å². The molecule has 6 rings (SSSR count). The summed E-state index contributed by atoms with van der Waals surface area (Å²) in [5.74, 6) is 4.54. The standard InChI is InChI=1S/C21H28N4O5.C17H22N4O4.C4H7ClO/c1-13(2)20(27)22-12-18(26)25-9-7-14(8-10-25)21-23-19(24-30-21)15-5-6-16(28-3)17(11-15)29-4;1-23-13-4-3-12(9-14(13)24-2)16-19-17(25-20-16)11-5-7-21(8-6-11)15(22)10-18;1-3(2)4(5)6/h5-6,11,13-14H,7-10,12H2,1-4H3,(H,22,27);3-4,9,11H,5-8,10,18H2,1-2H3;3H,1-2H3. The highest BCUT2D eigenvalue weighted by Crippen LogP contribution is 2.35. The first-order valence-electron chi connectivity index (χ1n) is 20.1. The fourth-order valence-electron chi connectivity index (χ4n) is 6.35. The van der Waals surface area contributed by atoms with E-state index in [0.717, 1.165) is 36.8 Å². The highest BCUT2D eigenvalue weighted by atomic mass is 35.5. The lowest BCUT2D eigenvalue weighted by Crippen LogP contribution is -2.44. The van der Waals surface area contributed by atoms with Crippen LogP contribution in [0.5, 0.6) is 23.0 Å². The zero-order valence-electron chi connectivity index (χ0n) is 36.1. The van der Waals surface area contributed by atoms with Crippen LogP contribution >= 0.6 is 11.6 Å². The first kappa shape index (κ1) is 47.9. The molecule has 2 aliphatic heterocycles. The number of aromatic nitrogens is 4. The van der Waals surface area contributed by atoms with E-state index in [1.165, 1.54) is 0 Å². The van der Waals surface area contributed by atoms with Gasteiger partial charge in [-0.15, -0.1) is 0 Å². The average molecular weight is 869 g/mol. The topological polar surface area (TPSA) is 228 Å². The molecule has 332 valence electrons. The second-order valence-corrected chi connectivity index (χ2v) is 15.3. The van der Waals surface area contributed by atoms with Crippen molar-refractivity contribution in [3.63, 3.8) is 0 Å². The zero-order valence-corrected chi connectivity index (χ0v) is 36.8. The average Bonchev–Trinajstić information content (AvgIpc) is 3.99. The highest BCUT2D eigenvalue weighted by molar-refractivity contribution is 6.63. The van der Waals surface area contributed by atoms with E-state index in [4.69, 9.17) is 45.3 Å². The van der Waals surface area contributed by atoms with Gasteiger partial charge in [-0.05, 0) is 73.7 Å². The van der Waals surface area contributed by atoms with Crippen LogP contribution in [-0.4, -0.2) is 121 Å². The van der Waals surface area contributed by atoms with Gasteiger partial charge in [-0.2, -0.15) is 9.97 Å². The molecule has 2 aliphatic rings. The van der Waals surface area contributed by atoms with Gasteiger partial charge in [-0.1, -0.05) is 38.0 Å².